The van der Waals surface area contributed by atoms with E-state index in [1.54, 1.807) is 19.1 Å². The Kier molecular flexibility index (Phi) is 6.96. The number of hydrogen-bond acceptors (Lipinski definition) is 10. The zero-order chi connectivity index (χ0) is 29.4. The molecule has 1 fully saturated rings. The van der Waals surface area contributed by atoms with Crippen LogP contribution in [0.5, 0.6) is 5.75 Å². The monoisotopic (exact) mass is 543 g/mol. The smallest absolute Gasteiger partial charge is 0.255 e. The number of fused-ring (bicyclic) bond motifs is 3. The van der Waals surface area contributed by atoms with E-state index in [0.717, 1.165) is 0 Å². The van der Waals surface area contributed by atoms with Crippen molar-refractivity contribution in [2.75, 3.05) is 20.6 Å². The fourth-order valence-electron chi connectivity index (χ4n) is 6.37. The van der Waals surface area contributed by atoms with E-state index in [4.69, 9.17) is 5.73 Å². The number of phenolic OH excluding ortho intramolecular Hbond substituents is 1. The maximum atomic E-state index is 14.0. The first-order valence-electron chi connectivity index (χ1n) is 12.8. The summed E-state index contributed by atoms with van der Waals surface area (Å²) in [5.41, 5.74) is 1.97. The SMILES string of the molecule is CC1c2ccc(CNCC(C)(C)C)c(O)c2C(O)=C2C(=O)C3(O)C(O)=C(C(N)=O)C(=O)C(N(C)C)C3C(O)C21. The Morgan fingerprint density at radius 1 is 1.15 bits per heavy atom. The van der Waals surface area contributed by atoms with Crippen LogP contribution in [0, 0.1) is 17.3 Å². The summed E-state index contributed by atoms with van der Waals surface area (Å²) in [6, 6.07) is 2.03. The molecule has 0 spiro atoms. The molecule has 6 unspecified atom stereocenters. The number of carbonyl (C=O) groups excluding carboxylic acids is 3. The number of nitrogens with two attached hydrogens (primary N) is 1. The van der Waals surface area contributed by atoms with E-state index in [2.05, 4.69) is 26.1 Å². The number of aliphatic hydroxyl groups is 4. The van der Waals surface area contributed by atoms with E-state index >= 15 is 0 Å². The maximum Gasteiger partial charge on any atom is 0.255 e. The van der Waals surface area contributed by atoms with Gasteiger partial charge < -0.3 is 36.6 Å². The normalized spacial score (nSPS) is 30.8. The van der Waals surface area contributed by atoms with Crippen LogP contribution >= 0.6 is 0 Å². The number of likely N-dealkylation sites (N-methyl/N-ethyl adjacent to an activating group) is 1. The van der Waals surface area contributed by atoms with Crippen molar-refractivity contribution >= 4 is 23.2 Å². The van der Waals surface area contributed by atoms with Gasteiger partial charge in [0.2, 0.25) is 5.78 Å². The van der Waals surface area contributed by atoms with E-state index in [1.807, 2.05) is 0 Å². The predicted molar refractivity (Wildman–Crippen MR) is 142 cm³/mol. The number of phenols is 1. The van der Waals surface area contributed by atoms with Crippen LogP contribution in [0.1, 0.15) is 50.3 Å². The van der Waals surface area contributed by atoms with Crippen LogP contribution in [0.4, 0.5) is 0 Å². The van der Waals surface area contributed by atoms with Gasteiger partial charge in [-0.25, -0.2) is 0 Å². The van der Waals surface area contributed by atoms with Crippen LogP contribution in [0.15, 0.2) is 29.0 Å². The summed E-state index contributed by atoms with van der Waals surface area (Å²) < 4.78 is 0. The number of aliphatic hydroxyl groups excluding tert-OH is 3. The Morgan fingerprint density at radius 3 is 2.31 bits per heavy atom. The van der Waals surface area contributed by atoms with Crippen LogP contribution in [0.3, 0.4) is 0 Å². The summed E-state index contributed by atoms with van der Waals surface area (Å²) in [6.07, 6.45) is -1.61. The zero-order valence-corrected chi connectivity index (χ0v) is 22.9. The van der Waals surface area contributed by atoms with Gasteiger partial charge in [-0.2, -0.15) is 0 Å². The van der Waals surface area contributed by atoms with E-state index in [-0.39, 0.29) is 23.3 Å². The first-order chi connectivity index (χ1) is 18.0. The number of nitrogens with zero attached hydrogens (tertiary/aromatic N) is 1. The Labute approximate surface area is 226 Å². The molecule has 0 heterocycles. The molecule has 1 saturated carbocycles. The molecule has 3 aliphatic rings. The highest BCUT2D eigenvalue weighted by Gasteiger charge is 2.68. The van der Waals surface area contributed by atoms with Gasteiger partial charge in [0.05, 0.1) is 23.6 Å². The molecule has 0 saturated heterocycles. The van der Waals surface area contributed by atoms with E-state index in [1.165, 1.54) is 19.0 Å². The molecular weight excluding hydrogens is 506 g/mol. The van der Waals surface area contributed by atoms with Gasteiger partial charge in [-0.1, -0.05) is 39.8 Å². The average molecular weight is 544 g/mol. The predicted octanol–water partition coefficient (Wildman–Crippen LogP) is 0.632. The second kappa shape index (κ2) is 9.44. The topological polar surface area (TPSA) is 194 Å². The molecule has 6 atom stereocenters. The number of carbonyl (C=O) groups is 3. The summed E-state index contributed by atoms with van der Waals surface area (Å²) >= 11 is 0. The minimum Gasteiger partial charge on any atom is -0.508 e. The molecule has 1 aromatic rings. The van der Waals surface area contributed by atoms with E-state index in [0.29, 0.717) is 17.7 Å². The van der Waals surface area contributed by atoms with Gasteiger partial charge in [0.15, 0.2) is 11.4 Å². The first kappa shape index (κ1) is 28.8. The lowest BCUT2D eigenvalue weighted by Gasteiger charge is -2.53. The van der Waals surface area contributed by atoms with Gasteiger partial charge in [-0.05, 0) is 31.0 Å². The van der Waals surface area contributed by atoms with Crippen molar-refractivity contribution in [1.29, 1.82) is 0 Å². The molecule has 0 aliphatic heterocycles. The summed E-state index contributed by atoms with van der Waals surface area (Å²) in [5, 5.41) is 60.1. The minimum absolute atomic E-state index is 0.0129. The second-order valence-corrected chi connectivity index (χ2v) is 12.3. The van der Waals surface area contributed by atoms with Gasteiger partial charge in [0.1, 0.15) is 22.8 Å². The lowest BCUT2D eigenvalue weighted by Crippen LogP contribution is -2.70. The summed E-state index contributed by atoms with van der Waals surface area (Å²) in [7, 11) is 2.94. The third-order valence-corrected chi connectivity index (χ3v) is 8.18. The fraction of sp³-hybridized carbons (Fsp3) is 0.536. The number of primary amides is 1. The van der Waals surface area contributed by atoms with Crippen molar-refractivity contribution in [1.82, 2.24) is 10.2 Å². The summed E-state index contributed by atoms with van der Waals surface area (Å²) in [5.74, 6) is -8.91. The number of ketones is 2. The van der Waals surface area contributed by atoms with Crippen LogP contribution in [0.25, 0.3) is 5.76 Å². The number of hydrogen-bond donors (Lipinski definition) is 7. The largest absolute Gasteiger partial charge is 0.508 e. The number of rotatable bonds is 5. The number of Topliss-reactive ketones (excluding diaryl/α,β-unsaturated/α-hetero) is 2. The summed E-state index contributed by atoms with van der Waals surface area (Å²) in [4.78, 5) is 40.7. The highest BCUT2D eigenvalue weighted by molar-refractivity contribution is 6.24. The molecule has 4 rings (SSSR count). The number of aromatic hydroxyl groups is 1. The molecule has 11 nitrogen and oxygen atoms in total. The van der Waals surface area contributed by atoms with Gasteiger partial charge in [-0.15, -0.1) is 0 Å². The van der Waals surface area contributed by atoms with Crippen molar-refractivity contribution in [2.24, 2.45) is 23.0 Å². The van der Waals surface area contributed by atoms with Gasteiger partial charge >= 0.3 is 0 Å². The van der Waals surface area contributed by atoms with Crippen molar-refractivity contribution in [3.05, 3.63) is 45.7 Å². The Balaban J connectivity index is 1.92. The van der Waals surface area contributed by atoms with Crippen LogP contribution < -0.4 is 11.1 Å². The quantitative estimate of drug-likeness (QED) is 0.259. The van der Waals surface area contributed by atoms with E-state index in [9.17, 15) is 39.9 Å². The molecule has 1 amide bonds. The van der Waals surface area contributed by atoms with Crippen LogP contribution in [0.2, 0.25) is 0 Å². The third-order valence-electron chi connectivity index (χ3n) is 8.18. The fourth-order valence-corrected chi connectivity index (χ4v) is 6.37. The lowest BCUT2D eigenvalue weighted by atomic mass is 9.54. The highest BCUT2D eigenvalue weighted by atomic mass is 16.4. The Morgan fingerprint density at radius 2 is 1.77 bits per heavy atom. The highest BCUT2D eigenvalue weighted by Crippen LogP contribution is 2.56. The maximum absolute atomic E-state index is 14.0. The van der Waals surface area contributed by atoms with Gasteiger partial charge in [-0.3, -0.25) is 19.3 Å². The summed E-state index contributed by atoms with van der Waals surface area (Å²) in [6.45, 7) is 8.78. The van der Waals surface area contributed by atoms with Gasteiger partial charge in [0.25, 0.3) is 5.91 Å². The molecule has 3 aliphatic carbocycles. The molecule has 0 bridgehead atoms. The standard InChI is InChI=1S/C28H37N3O8/c1-11-13-8-7-12(9-30-10-27(2,3)4)20(32)15(13)21(33)16-14(11)22(34)18-19(31(5)6)23(35)17(26(29)38)25(37)28(18,39)24(16)36/h7-8,11,14,18-19,22,30,32-34,37,39H,9-10H2,1-6H3,(H2,29,38). The molecule has 212 valence electrons. The first-order valence-corrected chi connectivity index (χ1v) is 12.8. The lowest BCUT2D eigenvalue weighted by molar-refractivity contribution is -0.169. The van der Waals surface area contributed by atoms with Crippen molar-refractivity contribution in [3.63, 3.8) is 0 Å². The number of benzene rings is 1. The third kappa shape index (κ3) is 4.15. The molecule has 11 heteroatoms. The number of amides is 1. The van der Waals surface area contributed by atoms with Crippen molar-refractivity contribution < 1.29 is 39.9 Å². The molecule has 0 aromatic heterocycles. The molecule has 0 radical (unpaired) electrons. The van der Waals surface area contributed by atoms with Crippen LogP contribution in [-0.4, -0.2) is 86.3 Å². The Hall–Kier alpha value is -3.25. The van der Waals surface area contributed by atoms with E-state index < -0.39 is 75.6 Å². The van der Waals surface area contributed by atoms with Gasteiger partial charge in [0, 0.05) is 30.1 Å². The van der Waals surface area contributed by atoms with Crippen LogP contribution in [-0.2, 0) is 20.9 Å². The minimum atomic E-state index is -2.93. The van der Waals surface area contributed by atoms with Crippen molar-refractivity contribution in [3.8, 4) is 5.75 Å². The second-order valence-electron chi connectivity index (χ2n) is 12.3. The molecular formula is C28H37N3O8. The molecule has 8 N–H and O–H groups in total. The average Bonchev–Trinajstić information content (AvgIpc) is 2.81. The Bertz CT molecular complexity index is 1320. The zero-order valence-electron chi connectivity index (χ0n) is 22.9. The molecule has 1 aromatic carbocycles. The number of nitrogens with one attached hydrogen (secondary N) is 1. The molecule has 39 heavy (non-hydrogen) atoms. The van der Waals surface area contributed by atoms with Crippen molar-refractivity contribution in [2.45, 2.75) is 57.9 Å².